The van der Waals surface area contributed by atoms with Crippen molar-refractivity contribution in [2.45, 2.75) is 437 Å². The van der Waals surface area contributed by atoms with Gasteiger partial charge in [-0.05, 0) is 83.5 Å². The lowest BCUT2D eigenvalue weighted by Gasteiger charge is -2.20. The van der Waals surface area contributed by atoms with Crippen LogP contribution in [0.15, 0.2) is 36.5 Å². The number of hydrogen-bond acceptors (Lipinski definition) is 5. The summed E-state index contributed by atoms with van der Waals surface area (Å²) in [5, 5.41) is 23.3. The number of amides is 1. The van der Waals surface area contributed by atoms with E-state index < -0.39 is 12.1 Å². The largest absolute Gasteiger partial charge is 0.466 e. The van der Waals surface area contributed by atoms with E-state index in [-0.39, 0.29) is 18.5 Å². The molecule has 2 unspecified atom stereocenters. The van der Waals surface area contributed by atoms with E-state index in [1.807, 2.05) is 6.08 Å². The Hall–Kier alpha value is -1.92. The van der Waals surface area contributed by atoms with Crippen molar-refractivity contribution in [1.82, 2.24) is 5.32 Å². The Labute approximate surface area is 525 Å². The van der Waals surface area contributed by atoms with Crippen molar-refractivity contribution in [3.63, 3.8) is 0 Å². The third-order valence-electron chi connectivity index (χ3n) is 17.9. The summed E-state index contributed by atoms with van der Waals surface area (Å²) in [7, 11) is 0. The van der Waals surface area contributed by atoms with Gasteiger partial charge in [-0.25, -0.2) is 0 Å². The second-order valence-corrected chi connectivity index (χ2v) is 26.3. The molecule has 0 aliphatic rings. The zero-order chi connectivity index (χ0) is 60.6. The van der Waals surface area contributed by atoms with Gasteiger partial charge in [0, 0.05) is 12.8 Å². The SMILES string of the molecule is CCCCCCCCC/C=C\CCCCCCCCCC(=O)OCCCCCCCCCCCCCC/C=C\CCCCCCCCCCCCCCC(=O)NC(CO)C(O)/C=C/CCCCCCCCCCCCCCCCCCCCC. The van der Waals surface area contributed by atoms with E-state index in [1.54, 1.807) is 6.08 Å². The maximum Gasteiger partial charge on any atom is 0.305 e. The van der Waals surface area contributed by atoms with Gasteiger partial charge >= 0.3 is 5.97 Å². The van der Waals surface area contributed by atoms with Gasteiger partial charge in [0.1, 0.15) is 0 Å². The average molecular weight is 1180 g/mol. The lowest BCUT2D eigenvalue weighted by molar-refractivity contribution is -0.143. The van der Waals surface area contributed by atoms with Crippen LogP contribution in [-0.4, -0.2) is 47.4 Å². The Morgan fingerprint density at radius 3 is 0.845 bits per heavy atom. The van der Waals surface area contributed by atoms with Crippen LogP contribution in [-0.2, 0) is 14.3 Å². The van der Waals surface area contributed by atoms with Gasteiger partial charge in [0.25, 0.3) is 0 Å². The molecule has 496 valence electrons. The quantitative estimate of drug-likeness (QED) is 0.0320. The Morgan fingerprint density at radius 1 is 0.321 bits per heavy atom. The van der Waals surface area contributed by atoms with Gasteiger partial charge in [-0.15, -0.1) is 0 Å². The molecule has 0 saturated heterocycles. The standard InChI is InChI=1S/C78H149NO5/c1-3-5-7-9-11-13-15-17-19-21-23-32-35-38-42-46-50-54-58-62-66-70-76(81)75(74-80)79-77(82)71-67-63-59-55-51-47-43-39-36-33-30-28-26-24-25-27-29-31-34-37-41-45-49-53-57-61-65-69-73-84-78(83)72-68-64-60-56-52-48-44-40-22-20-18-16-14-12-10-8-6-4-2/h20,22,24-25,66,70,75-76,80-81H,3-19,21,23,26-65,67-69,71-74H2,1-2H3,(H,79,82)/b22-20-,25-24-,70-66+. The number of ether oxygens (including phenoxy) is 1. The van der Waals surface area contributed by atoms with E-state index in [2.05, 4.69) is 43.5 Å². The summed E-state index contributed by atoms with van der Waals surface area (Å²) >= 11 is 0. The van der Waals surface area contributed by atoms with Crippen LogP contribution in [0.1, 0.15) is 425 Å². The molecule has 0 aliphatic carbocycles. The average Bonchev–Trinajstić information content (AvgIpc) is 3.53. The number of carbonyl (C=O) groups excluding carboxylic acids is 2. The molecule has 0 radical (unpaired) electrons. The summed E-state index contributed by atoms with van der Waals surface area (Å²) in [6.07, 6.45) is 95.3. The van der Waals surface area contributed by atoms with Crippen LogP contribution in [0.5, 0.6) is 0 Å². The summed E-state index contributed by atoms with van der Waals surface area (Å²) in [4.78, 5) is 24.6. The molecular formula is C78H149NO5. The zero-order valence-electron chi connectivity index (χ0n) is 56.9. The highest BCUT2D eigenvalue weighted by Gasteiger charge is 2.18. The zero-order valence-corrected chi connectivity index (χ0v) is 56.9. The lowest BCUT2D eigenvalue weighted by atomic mass is 10.0. The van der Waals surface area contributed by atoms with Crippen LogP contribution in [0, 0.1) is 0 Å². The van der Waals surface area contributed by atoms with E-state index in [9.17, 15) is 19.8 Å². The molecule has 0 aromatic heterocycles. The third kappa shape index (κ3) is 69.2. The molecule has 2 atom stereocenters. The first-order valence-electron chi connectivity index (χ1n) is 38.3. The fourth-order valence-corrected chi connectivity index (χ4v) is 12.0. The van der Waals surface area contributed by atoms with E-state index >= 15 is 0 Å². The Balaban J connectivity index is 3.39. The second-order valence-electron chi connectivity index (χ2n) is 26.3. The van der Waals surface area contributed by atoms with Gasteiger partial charge in [-0.2, -0.15) is 0 Å². The second kappa shape index (κ2) is 73.5. The molecule has 6 heteroatoms. The molecule has 0 aromatic rings. The van der Waals surface area contributed by atoms with Gasteiger partial charge in [0.05, 0.1) is 25.4 Å². The van der Waals surface area contributed by atoms with Crippen molar-refractivity contribution in [1.29, 1.82) is 0 Å². The van der Waals surface area contributed by atoms with Crippen LogP contribution < -0.4 is 5.32 Å². The van der Waals surface area contributed by atoms with Crippen molar-refractivity contribution < 1.29 is 24.5 Å². The van der Waals surface area contributed by atoms with Gasteiger partial charge in [0.2, 0.25) is 5.91 Å². The number of aliphatic hydroxyl groups is 2. The topological polar surface area (TPSA) is 95.9 Å². The number of aliphatic hydroxyl groups excluding tert-OH is 2. The summed E-state index contributed by atoms with van der Waals surface area (Å²) in [6.45, 7) is 4.94. The number of rotatable bonds is 72. The van der Waals surface area contributed by atoms with Gasteiger partial charge in [0.15, 0.2) is 0 Å². The normalized spacial score (nSPS) is 12.7. The molecule has 0 bridgehead atoms. The Kier molecular flexibility index (Phi) is 71.9. The fourth-order valence-electron chi connectivity index (χ4n) is 12.0. The summed E-state index contributed by atoms with van der Waals surface area (Å²) < 4.78 is 5.51. The Morgan fingerprint density at radius 2 is 0.560 bits per heavy atom. The number of hydrogen-bond donors (Lipinski definition) is 3. The molecule has 0 fully saturated rings. The third-order valence-corrected chi connectivity index (χ3v) is 17.9. The van der Waals surface area contributed by atoms with Gasteiger partial charge in [-0.1, -0.05) is 365 Å². The molecule has 1 amide bonds. The predicted octanol–water partition coefficient (Wildman–Crippen LogP) is 25.0. The molecule has 0 aromatic carbocycles. The Bertz CT molecular complexity index is 1360. The van der Waals surface area contributed by atoms with Crippen LogP contribution in [0.25, 0.3) is 0 Å². The van der Waals surface area contributed by atoms with Crippen LogP contribution >= 0.6 is 0 Å². The van der Waals surface area contributed by atoms with Gasteiger partial charge < -0.3 is 20.3 Å². The summed E-state index contributed by atoms with van der Waals surface area (Å²) in [6, 6.07) is -0.629. The highest BCUT2D eigenvalue weighted by Crippen LogP contribution is 2.19. The molecule has 3 N–H and O–H groups in total. The maximum absolute atomic E-state index is 12.5. The van der Waals surface area contributed by atoms with Crippen LogP contribution in [0.3, 0.4) is 0 Å². The van der Waals surface area contributed by atoms with Gasteiger partial charge in [-0.3, -0.25) is 9.59 Å². The van der Waals surface area contributed by atoms with Crippen molar-refractivity contribution in [3.05, 3.63) is 36.5 Å². The predicted molar refractivity (Wildman–Crippen MR) is 370 cm³/mol. The molecule has 0 heterocycles. The summed E-state index contributed by atoms with van der Waals surface area (Å²) in [5.41, 5.74) is 0. The minimum atomic E-state index is -0.846. The number of esters is 1. The highest BCUT2D eigenvalue weighted by atomic mass is 16.5. The minimum Gasteiger partial charge on any atom is -0.466 e. The first-order valence-corrected chi connectivity index (χ1v) is 38.3. The van der Waals surface area contributed by atoms with Crippen molar-refractivity contribution in [2.75, 3.05) is 13.2 Å². The monoisotopic (exact) mass is 1180 g/mol. The summed E-state index contributed by atoms with van der Waals surface area (Å²) in [5.74, 6) is -0.0505. The number of unbranched alkanes of at least 4 members (excludes halogenated alkanes) is 57. The minimum absolute atomic E-state index is 0.0133. The molecule has 6 nitrogen and oxygen atoms in total. The van der Waals surface area contributed by atoms with Crippen molar-refractivity contribution >= 4 is 11.9 Å². The van der Waals surface area contributed by atoms with Crippen molar-refractivity contribution in [3.8, 4) is 0 Å². The van der Waals surface area contributed by atoms with E-state index in [4.69, 9.17) is 4.74 Å². The fraction of sp³-hybridized carbons (Fsp3) is 0.897. The first-order chi connectivity index (χ1) is 41.5. The molecule has 84 heavy (non-hydrogen) atoms. The molecule has 0 rings (SSSR count). The van der Waals surface area contributed by atoms with E-state index in [0.717, 1.165) is 44.9 Å². The smallest absolute Gasteiger partial charge is 0.305 e. The number of nitrogens with one attached hydrogen (secondary N) is 1. The first kappa shape index (κ1) is 82.1. The highest BCUT2D eigenvalue weighted by molar-refractivity contribution is 5.76. The molecule has 0 spiro atoms. The number of carbonyl (C=O) groups is 2. The number of allylic oxidation sites excluding steroid dienone is 5. The van der Waals surface area contributed by atoms with Crippen LogP contribution in [0.2, 0.25) is 0 Å². The molecule has 0 aliphatic heterocycles. The molecule has 0 saturated carbocycles. The maximum atomic E-state index is 12.5. The van der Waals surface area contributed by atoms with Crippen molar-refractivity contribution in [2.24, 2.45) is 0 Å². The lowest BCUT2D eigenvalue weighted by Crippen LogP contribution is -2.45. The molecular weight excluding hydrogens is 1030 g/mol. The van der Waals surface area contributed by atoms with Crippen LogP contribution in [0.4, 0.5) is 0 Å². The van der Waals surface area contributed by atoms with E-state index in [1.165, 1.54) is 353 Å². The van der Waals surface area contributed by atoms with E-state index in [0.29, 0.717) is 19.4 Å².